The first kappa shape index (κ1) is 14.8. The molecule has 19 heavy (non-hydrogen) atoms. The normalized spacial score (nSPS) is 26.2. The molecule has 0 aromatic rings. The number of dihydropyridines is 1. The summed E-state index contributed by atoms with van der Waals surface area (Å²) in [6.07, 6.45) is 3.01. The van der Waals surface area contributed by atoms with E-state index in [0.717, 1.165) is 13.0 Å². The highest BCUT2D eigenvalue weighted by atomic mass is 16.7. The van der Waals surface area contributed by atoms with Gasteiger partial charge in [-0.05, 0) is 33.2 Å². The first-order chi connectivity index (χ1) is 8.53. The molecule has 0 aliphatic carbocycles. The van der Waals surface area contributed by atoms with Crippen LogP contribution in [0.1, 0.15) is 54.9 Å². The lowest BCUT2D eigenvalue weighted by Gasteiger charge is -2.32. The minimum atomic E-state index is -0.269. The van der Waals surface area contributed by atoms with Gasteiger partial charge in [-0.2, -0.15) is 0 Å². The van der Waals surface area contributed by atoms with Crippen molar-refractivity contribution in [2.45, 2.75) is 66.1 Å². The lowest BCUT2D eigenvalue weighted by Crippen LogP contribution is -2.41. The summed E-state index contributed by atoms with van der Waals surface area (Å²) in [6.45, 7) is 15.7. The molecule has 4 heteroatoms. The minimum absolute atomic E-state index is 0.114. The molecule has 1 saturated heterocycles. The summed E-state index contributed by atoms with van der Waals surface area (Å²) in [5, 5.41) is 0. The predicted molar refractivity (Wildman–Crippen MR) is 80.5 cm³/mol. The maximum atomic E-state index is 6.12. The molecule has 0 saturated carbocycles. The Morgan fingerprint density at radius 1 is 1.11 bits per heavy atom. The number of allylic oxidation sites excluding steroid dienone is 1. The van der Waals surface area contributed by atoms with Crippen LogP contribution in [0.25, 0.3) is 0 Å². The highest BCUT2D eigenvalue weighted by Gasteiger charge is 2.52. The topological polar surface area (TPSA) is 30.8 Å². The molecule has 106 valence electrons. The fraction of sp³-hybridized carbons (Fsp3) is 0.800. The summed E-state index contributed by atoms with van der Waals surface area (Å²) >= 11 is 0. The van der Waals surface area contributed by atoms with Gasteiger partial charge >= 0.3 is 7.12 Å². The molecule has 0 aromatic heterocycles. The maximum Gasteiger partial charge on any atom is 0.490 e. The second-order valence-corrected chi connectivity index (χ2v) is 7.58. The largest absolute Gasteiger partial charge is 0.490 e. The van der Waals surface area contributed by atoms with Crippen LogP contribution in [-0.4, -0.2) is 30.6 Å². The van der Waals surface area contributed by atoms with E-state index in [2.05, 4.69) is 59.5 Å². The van der Waals surface area contributed by atoms with Crippen LogP contribution in [0.3, 0.4) is 0 Å². The number of aliphatic imine (C=N–C) groups is 1. The van der Waals surface area contributed by atoms with Crippen molar-refractivity contribution in [3.63, 3.8) is 0 Å². The predicted octanol–water partition coefficient (Wildman–Crippen LogP) is 3.44. The zero-order valence-electron chi connectivity index (χ0n) is 13.3. The van der Waals surface area contributed by atoms with Crippen LogP contribution >= 0.6 is 0 Å². The smallest absolute Gasteiger partial charge is 0.400 e. The molecule has 0 N–H and O–H groups in total. The molecule has 2 aliphatic rings. The van der Waals surface area contributed by atoms with Crippen molar-refractivity contribution in [1.82, 2.24) is 0 Å². The van der Waals surface area contributed by atoms with Crippen molar-refractivity contribution in [2.75, 3.05) is 6.54 Å². The van der Waals surface area contributed by atoms with Crippen molar-refractivity contribution >= 4 is 12.8 Å². The number of nitrogens with zero attached hydrogens (tertiary/aromatic N) is 1. The zero-order valence-corrected chi connectivity index (χ0v) is 13.3. The molecule has 2 rings (SSSR count). The third kappa shape index (κ3) is 2.80. The average molecular weight is 263 g/mol. The average Bonchev–Trinajstić information content (AvgIpc) is 2.47. The summed E-state index contributed by atoms with van der Waals surface area (Å²) < 4.78 is 12.2. The fourth-order valence-corrected chi connectivity index (χ4v) is 2.27. The monoisotopic (exact) mass is 263 g/mol. The van der Waals surface area contributed by atoms with Crippen LogP contribution in [0.4, 0.5) is 0 Å². The van der Waals surface area contributed by atoms with Crippen molar-refractivity contribution in [1.29, 1.82) is 0 Å². The van der Waals surface area contributed by atoms with Crippen molar-refractivity contribution in [3.8, 4) is 0 Å². The van der Waals surface area contributed by atoms with E-state index >= 15 is 0 Å². The summed E-state index contributed by atoms with van der Waals surface area (Å²) in [6, 6.07) is 0. The molecule has 0 aromatic carbocycles. The van der Waals surface area contributed by atoms with Crippen LogP contribution in [-0.2, 0) is 9.31 Å². The second-order valence-electron chi connectivity index (χ2n) is 7.58. The molecule has 0 amide bonds. The molecule has 2 aliphatic heterocycles. The Balaban J connectivity index is 2.12. The molecule has 2 heterocycles. The molecule has 3 nitrogen and oxygen atoms in total. The van der Waals surface area contributed by atoms with Crippen molar-refractivity contribution < 1.29 is 9.31 Å². The summed E-state index contributed by atoms with van der Waals surface area (Å²) in [5.74, 6) is 0. The number of hydrogen-bond donors (Lipinski definition) is 0. The Bertz CT molecular complexity index is 414. The van der Waals surface area contributed by atoms with Crippen LogP contribution < -0.4 is 0 Å². The third-order valence-corrected chi connectivity index (χ3v) is 4.43. The first-order valence-corrected chi connectivity index (χ1v) is 7.11. The SMILES string of the molecule is CC(C)(C)C1=NCC=C(B2OC(C)(C)C(C)(C)O2)C1. The van der Waals surface area contributed by atoms with Crippen LogP contribution in [0.15, 0.2) is 16.5 Å². The van der Waals surface area contributed by atoms with Crippen LogP contribution in [0.2, 0.25) is 0 Å². The van der Waals surface area contributed by atoms with Crippen LogP contribution in [0, 0.1) is 5.41 Å². The molecule has 0 radical (unpaired) electrons. The molecule has 0 unspecified atom stereocenters. The van der Waals surface area contributed by atoms with Gasteiger partial charge in [0.25, 0.3) is 0 Å². The maximum absolute atomic E-state index is 6.12. The van der Waals surface area contributed by atoms with E-state index in [4.69, 9.17) is 9.31 Å². The Labute approximate surface area is 117 Å². The van der Waals surface area contributed by atoms with Gasteiger partial charge in [0.2, 0.25) is 0 Å². The first-order valence-electron chi connectivity index (χ1n) is 7.11. The Hall–Kier alpha value is -0.605. The van der Waals surface area contributed by atoms with Crippen molar-refractivity contribution in [2.24, 2.45) is 10.4 Å². The van der Waals surface area contributed by atoms with Gasteiger partial charge < -0.3 is 9.31 Å². The molecular formula is C15H26BNO2. The fourth-order valence-electron chi connectivity index (χ4n) is 2.27. The third-order valence-electron chi connectivity index (χ3n) is 4.43. The van der Waals surface area contributed by atoms with Gasteiger partial charge in [0.05, 0.1) is 17.7 Å². The Kier molecular flexibility index (Phi) is 3.47. The highest BCUT2D eigenvalue weighted by Crippen LogP contribution is 2.40. The molecule has 0 spiro atoms. The van der Waals surface area contributed by atoms with Gasteiger partial charge in [0.15, 0.2) is 0 Å². The van der Waals surface area contributed by atoms with Gasteiger partial charge in [-0.1, -0.05) is 26.8 Å². The molecule has 1 fully saturated rings. The van der Waals surface area contributed by atoms with E-state index in [-0.39, 0.29) is 23.7 Å². The standard InChI is InChI=1S/C15H26BNO2/c1-13(2,3)12-10-11(8-9-17-12)16-18-14(4,5)15(6,7)19-16/h8H,9-10H2,1-7H3. The van der Waals surface area contributed by atoms with Gasteiger partial charge in [-0.15, -0.1) is 0 Å². The number of rotatable bonds is 1. The summed E-state index contributed by atoms with van der Waals surface area (Å²) in [4.78, 5) is 4.62. The van der Waals surface area contributed by atoms with E-state index in [1.807, 2.05) is 0 Å². The second kappa shape index (κ2) is 4.46. The van der Waals surface area contributed by atoms with Gasteiger partial charge in [0, 0.05) is 17.5 Å². The lowest BCUT2D eigenvalue weighted by molar-refractivity contribution is 0.00578. The number of hydrogen-bond acceptors (Lipinski definition) is 3. The van der Waals surface area contributed by atoms with Gasteiger partial charge in [-0.25, -0.2) is 0 Å². The van der Waals surface area contributed by atoms with Gasteiger partial charge in [0.1, 0.15) is 0 Å². The summed E-state index contributed by atoms with van der Waals surface area (Å²) in [5.41, 5.74) is 2.03. The van der Waals surface area contributed by atoms with E-state index in [1.165, 1.54) is 11.2 Å². The van der Waals surface area contributed by atoms with Crippen LogP contribution in [0.5, 0.6) is 0 Å². The molecular weight excluding hydrogens is 237 g/mol. The van der Waals surface area contributed by atoms with Crippen molar-refractivity contribution in [3.05, 3.63) is 11.5 Å². The van der Waals surface area contributed by atoms with E-state index in [9.17, 15) is 0 Å². The Morgan fingerprint density at radius 3 is 2.11 bits per heavy atom. The highest BCUT2D eigenvalue weighted by molar-refractivity contribution is 6.55. The lowest BCUT2D eigenvalue weighted by atomic mass is 9.71. The quantitative estimate of drug-likeness (QED) is 0.678. The minimum Gasteiger partial charge on any atom is -0.400 e. The van der Waals surface area contributed by atoms with E-state index in [0.29, 0.717) is 0 Å². The molecule has 0 bridgehead atoms. The Morgan fingerprint density at radius 2 is 1.63 bits per heavy atom. The van der Waals surface area contributed by atoms with E-state index < -0.39 is 0 Å². The zero-order chi connectivity index (χ0) is 14.5. The molecule has 0 atom stereocenters. The van der Waals surface area contributed by atoms with Gasteiger partial charge in [-0.3, -0.25) is 4.99 Å². The summed E-state index contributed by atoms with van der Waals surface area (Å²) in [7, 11) is -0.224. The van der Waals surface area contributed by atoms with E-state index in [1.54, 1.807) is 0 Å².